The highest BCUT2D eigenvalue weighted by atomic mass is 19.1. The lowest BCUT2D eigenvalue weighted by Gasteiger charge is -2.49. The summed E-state index contributed by atoms with van der Waals surface area (Å²) in [5.41, 5.74) is 1.18. The first-order valence-corrected chi connectivity index (χ1v) is 9.75. The molecule has 1 saturated heterocycles. The molecule has 0 bridgehead atoms. The van der Waals surface area contributed by atoms with Gasteiger partial charge in [0.25, 0.3) is 0 Å². The Labute approximate surface area is 156 Å². The molecule has 1 aliphatic carbocycles. The highest BCUT2D eigenvalue weighted by Gasteiger charge is 2.40. The van der Waals surface area contributed by atoms with Crippen LogP contribution in [0.4, 0.5) is 9.18 Å². The van der Waals surface area contributed by atoms with Gasteiger partial charge in [-0.2, -0.15) is 0 Å². The molecule has 1 aliphatic heterocycles. The van der Waals surface area contributed by atoms with Crippen molar-refractivity contribution < 1.29 is 14.3 Å². The van der Waals surface area contributed by atoms with Crippen LogP contribution in [0.2, 0.25) is 0 Å². The highest BCUT2D eigenvalue weighted by Crippen LogP contribution is 2.37. The Balaban J connectivity index is 1.61. The lowest BCUT2D eigenvalue weighted by atomic mass is 9.79. The van der Waals surface area contributed by atoms with Gasteiger partial charge in [0.05, 0.1) is 6.04 Å². The molecule has 1 saturated carbocycles. The molecule has 1 heterocycles. The summed E-state index contributed by atoms with van der Waals surface area (Å²) in [6, 6.07) is 7.51. The van der Waals surface area contributed by atoms with Crippen LogP contribution in [0.5, 0.6) is 0 Å². The summed E-state index contributed by atoms with van der Waals surface area (Å²) in [5, 5.41) is 9.53. The van der Waals surface area contributed by atoms with E-state index in [-0.39, 0.29) is 17.3 Å². The summed E-state index contributed by atoms with van der Waals surface area (Å²) >= 11 is 0. The second-order valence-corrected chi connectivity index (χ2v) is 8.91. The largest absolute Gasteiger partial charge is 0.465 e. The number of nitrogens with zero attached hydrogens (tertiary/aromatic N) is 2. The number of carbonyl (C=O) groups is 1. The van der Waals surface area contributed by atoms with Crippen molar-refractivity contribution in [3.05, 3.63) is 35.6 Å². The van der Waals surface area contributed by atoms with E-state index in [4.69, 9.17) is 0 Å². The van der Waals surface area contributed by atoms with Crippen LogP contribution in [0.15, 0.2) is 24.3 Å². The Morgan fingerprint density at radius 1 is 1.08 bits per heavy atom. The van der Waals surface area contributed by atoms with Gasteiger partial charge in [-0.25, -0.2) is 9.18 Å². The molecule has 1 unspecified atom stereocenters. The Morgan fingerprint density at radius 2 is 1.69 bits per heavy atom. The lowest BCUT2D eigenvalue weighted by Crippen LogP contribution is -2.61. The average Bonchev–Trinajstić information content (AvgIpc) is 2.61. The maximum Gasteiger partial charge on any atom is 0.407 e. The molecule has 0 radical (unpaired) electrons. The Morgan fingerprint density at radius 3 is 2.23 bits per heavy atom. The van der Waals surface area contributed by atoms with Gasteiger partial charge in [0, 0.05) is 25.7 Å². The molecule has 1 N–H and O–H groups in total. The number of carboxylic acid groups (broad SMARTS) is 1. The minimum Gasteiger partial charge on any atom is -0.465 e. The fourth-order valence-corrected chi connectivity index (χ4v) is 4.62. The van der Waals surface area contributed by atoms with Crippen molar-refractivity contribution in [2.45, 2.75) is 64.5 Å². The molecule has 3 rings (SSSR count). The molecule has 1 atom stereocenters. The zero-order chi connectivity index (χ0) is 18.9. The van der Waals surface area contributed by atoms with Gasteiger partial charge < -0.3 is 10.0 Å². The van der Waals surface area contributed by atoms with E-state index in [2.05, 4.69) is 25.7 Å². The first-order chi connectivity index (χ1) is 12.3. The Hall–Kier alpha value is -1.62. The van der Waals surface area contributed by atoms with Crippen LogP contribution in [-0.4, -0.2) is 52.7 Å². The zero-order valence-corrected chi connectivity index (χ0v) is 16.1. The number of amides is 1. The third-order valence-corrected chi connectivity index (χ3v) is 6.21. The molecule has 5 heteroatoms. The van der Waals surface area contributed by atoms with E-state index in [0.717, 1.165) is 38.8 Å². The van der Waals surface area contributed by atoms with Crippen molar-refractivity contribution in [1.82, 2.24) is 9.80 Å². The smallest absolute Gasteiger partial charge is 0.407 e. The number of halogens is 1. The monoisotopic (exact) mass is 362 g/mol. The van der Waals surface area contributed by atoms with Crippen molar-refractivity contribution in [3.63, 3.8) is 0 Å². The van der Waals surface area contributed by atoms with Crippen molar-refractivity contribution in [2.24, 2.45) is 5.41 Å². The molecule has 1 aromatic rings. The summed E-state index contributed by atoms with van der Waals surface area (Å²) in [6.45, 7) is 8.62. The van der Waals surface area contributed by atoms with Gasteiger partial charge in [0.15, 0.2) is 0 Å². The van der Waals surface area contributed by atoms with Crippen LogP contribution < -0.4 is 0 Å². The lowest BCUT2D eigenvalue weighted by molar-refractivity contribution is -0.00143. The van der Waals surface area contributed by atoms with Gasteiger partial charge in [0.1, 0.15) is 5.82 Å². The molecule has 2 fully saturated rings. The van der Waals surface area contributed by atoms with Crippen LogP contribution in [0.1, 0.15) is 57.9 Å². The molecule has 26 heavy (non-hydrogen) atoms. The van der Waals surface area contributed by atoms with Crippen LogP contribution in [0, 0.1) is 11.2 Å². The summed E-state index contributed by atoms with van der Waals surface area (Å²) < 4.78 is 13.1. The van der Waals surface area contributed by atoms with Gasteiger partial charge >= 0.3 is 6.09 Å². The summed E-state index contributed by atoms with van der Waals surface area (Å²) in [5.74, 6) is 0.345. The summed E-state index contributed by atoms with van der Waals surface area (Å²) in [6.07, 6.45) is 3.70. The van der Waals surface area contributed by atoms with E-state index in [1.807, 2.05) is 12.1 Å². The minimum atomic E-state index is -0.801. The standard InChI is InChI=1S/C21H31FN2O2/c1-21(2,3)19-14-23(12-13-24(19)20(25)26)18-10-6-16(7-11-18)15-4-8-17(22)9-5-15/h4-5,8-9,16,18-19H,6-7,10-14H2,1-3H3,(H,25,26). The number of hydrogen-bond acceptors (Lipinski definition) is 2. The van der Waals surface area contributed by atoms with Gasteiger partial charge in [-0.15, -0.1) is 0 Å². The van der Waals surface area contributed by atoms with E-state index in [1.54, 1.807) is 17.0 Å². The first-order valence-electron chi connectivity index (χ1n) is 9.75. The maximum absolute atomic E-state index is 13.1. The van der Waals surface area contributed by atoms with E-state index < -0.39 is 6.09 Å². The molecule has 144 valence electrons. The van der Waals surface area contributed by atoms with Crippen molar-refractivity contribution in [1.29, 1.82) is 0 Å². The van der Waals surface area contributed by atoms with E-state index >= 15 is 0 Å². The van der Waals surface area contributed by atoms with Crippen LogP contribution >= 0.6 is 0 Å². The normalized spacial score (nSPS) is 28.2. The molecule has 1 aromatic carbocycles. The average molecular weight is 362 g/mol. The van der Waals surface area contributed by atoms with E-state index in [1.165, 1.54) is 5.56 Å². The predicted molar refractivity (Wildman–Crippen MR) is 101 cm³/mol. The molecular formula is C21H31FN2O2. The third-order valence-electron chi connectivity index (χ3n) is 6.21. The molecular weight excluding hydrogens is 331 g/mol. The van der Waals surface area contributed by atoms with E-state index in [9.17, 15) is 14.3 Å². The zero-order valence-electron chi connectivity index (χ0n) is 16.1. The molecule has 2 aliphatic rings. The van der Waals surface area contributed by atoms with Crippen LogP contribution in [0.3, 0.4) is 0 Å². The van der Waals surface area contributed by atoms with Gasteiger partial charge in [-0.05, 0) is 54.7 Å². The van der Waals surface area contributed by atoms with Gasteiger partial charge in [-0.3, -0.25) is 4.90 Å². The number of hydrogen-bond donors (Lipinski definition) is 1. The SMILES string of the molecule is CC(C)(C)C1CN(C2CCC(c3ccc(F)cc3)CC2)CCN1C(=O)O. The molecule has 0 spiro atoms. The van der Waals surface area contributed by atoms with Crippen LogP contribution in [0.25, 0.3) is 0 Å². The highest BCUT2D eigenvalue weighted by molar-refractivity contribution is 5.65. The summed E-state index contributed by atoms with van der Waals surface area (Å²) in [4.78, 5) is 15.7. The van der Waals surface area contributed by atoms with Crippen molar-refractivity contribution in [2.75, 3.05) is 19.6 Å². The molecule has 4 nitrogen and oxygen atoms in total. The van der Waals surface area contributed by atoms with Gasteiger partial charge in [-0.1, -0.05) is 32.9 Å². The number of rotatable bonds is 2. The van der Waals surface area contributed by atoms with E-state index in [0.29, 0.717) is 18.5 Å². The Kier molecular flexibility index (Phi) is 5.56. The Bertz CT molecular complexity index is 618. The maximum atomic E-state index is 13.1. The summed E-state index contributed by atoms with van der Waals surface area (Å²) in [7, 11) is 0. The quantitative estimate of drug-likeness (QED) is 0.839. The molecule has 1 amide bonds. The third kappa shape index (κ3) is 4.20. The van der Waals surface area contributed by atoms with Crippen LogP contribution in [-0.2, 0) is 0 Å². The fraction of sp³-hybridized carbons (Fsp3) is 0.667. The minimum absolute atomic E-state index is 0.0311. The predicted octanol–water partition coefficient (Wildman–Crippen LogP) is 4.56. The second-order valence-electron chi connectivity index (χ2n) is 8.91. The fourth-order valence-electron chi connectivity index (χ4n) is 4.62. The van der Waals surface area contributed by atoms with Crippen molar-refractivity contribution >= 4 is 6.09 Å². The number of benzene rings is 1. The first kappa shape index (κ1) is 19.2. The topological polar surface area (TPSA) is 43.8 Å². The molecule has 0 aromatic heterocycles. The second kappa shape index (κ2) is 7.55. The number of piperazine rings is 1. The van der Waals surface area contributed by atoms with Gasteiger partial charge in [0.2, 0.25) is 0 Å². The van der Waals surface area contributed by atoms with Crippen molar-refractivity contribution in [3.8, 4) is 0 Å².